The van der Waals surface area contributed by atoms with Crippen molar-refractivity contribution in [1.29, 1.82) is 0 Å². The molecular weight excluding hydrogens is 208 g/mol. The molecule has 0 aromatic rings. The van der Waals surface area contributed by atoms with Crippen LogP contribution in [0.5, 0.6) is 0 Å². The molecule has 0 aromatic heterocycles. The normalized spacial score (nSPS) is 17.5. The molecule has 1 rings (SSSR count). The van der Waals surface area contributed by atoms with Crippen molar-refractivity contribution in [2.24, 2.45) is 0 Å². The van der Waals surface area contributed by atoms with Gasteiger partial charge in [0.25, 0.3) is 0 Å². The van der Waals surface area contributed by atoms with Crippen LogP contribution in [0, 0.1) is 0 Å². The molecule has 0 N–H and O–H groups in total. The Hall–Kier alpha value is -0.380. The Labute approximate surface area is 98.4 Å². The number of urea groups is 1. The van der Waals surface area contributed by atoms with Crippen LogP contribution in [-0.2, 0) is 0 Å². The molecule has 1 fully saturated rings. The summed E-state index contributed by atoms with van der Waals surface area (Å²) in [6, 6.07) is 0.507. The van der Waals surface area contributed by atoms with Gasteiger partial charge in [-0.25, -0.2) is 4.79 Å². The second-order valence-electron chi connectivity index (χ2n) is 4.08. The Balaban J connectivity index is 2.56. The Kier molecular flexibility index (Phi) is 5.29. The molecule has 1 aliphatic rings. The summed E-state index contributed by atoms with van der Waals surface area (Å²) in [5, 5.41) is 0. The predicted molar refractivity (Wildman–Crippen MR) is 66.0 cm³/mol. The number of rotatable bonds is 3. The molecule has 1 aliphatic carbocycles. The van der Waals surface area contributed by atoms with E-state index in [1.54, 1.807) is 0 Å². The molecule has 15 heavy (non-hydrogen) atoms. The van der Waals surface area contributed by atoms with Crippen molar-refractivity contribution < 1.29 is 4.79 Å². The van der Waals surface area contributed by atoms with E-state index in [1.807, 2.05) is 18.7 Å². The van der Waals surface area contributed by atoms with E-state index in [1.165, 1.54) is 23.6 Å². The number of carbonyl (C=O) groups excluding carboxylic acids is 1. The zero-order chi connectivity index (χ0) is 11.3. The van der Waals surface area contributed by atoms with Gasteiger partial charge in [0.1, 0.15) is 0 Å². The second-order valence-corrected chi connectivity index (χ2v) is 4.56. The highest BCUT2D eigenvalue weighted by molar-refractivity contribution is 7.78. The lowest BCUT2D eigenvalue weighted by Gasteiger charge is -2.35. The fraction of sp³-hybridized carbons (Fsp3) is 0.909. The third-order valence-corrected chi connectivity index (χ3v) is 3.58. The van der Waals surface area contributed by atoms with E-state index in [-0.39, 0.29) is 6.03 Å². The molecule has 0 saturated heterocycles. The van der Waals surface area contributed by atoms with E-state index in [0.717, 1.165) is 19.4 Å². The smallest absolute Gasteiger partial charge is 0.321 e. The minimum atomic E-state index is 0.0650. The van der Waals surface area contributed by atoms with Crippen LogP contribution in [0.25, 0.3) is 0 Å². The number of thiol groups is 1. The quantitative estimate of drug-likeness (QED) is 0.740. The summed E-state index contributed by atoms with van der Waals surface area (Å²) >= 11 is 4.18. The summed E-state index contributed by atoms with van der Waals surface area (Å²) < 4.78 is 1.50. The van der Waals surface area contributed by atoms with Gasteiger partial charge in [0.15, 0.2) is 0 Å². The summed E-state index contributed by atoms with van der Waals surface area (Å²) in [5.74, 6) is 0. The van der Waals surface area contributed by atoms with Crippen molar-refractivity contribution >= 4 is 18.8 Å². The lowest BCUT2D eigenvalue weighted by Crippen LogP contribution is -2.45. The Morgan fingerprint density at radius 2 is 1.80 bits per heavy atom. The van der Waals surface area contributed by atoms with Gasteiger partial charge in [-0.3, -0.25) is 4.31 Å². The van der Waals surface area contributed by atoms with Crippen LogP contribution in [0.2, 0.25) is 0 Å². The van der Waals surface area contributed by atoms with E-state index < -0.39 is 0 Å². The molecule has 0 heterocycles. The SMILES string of the molecule is CCN(S)C(=O)N(CC)C1CCCCC1. The maximum absolute atomic E-state index is 12.0. The topological polar surface area (TPSA) is 23.6 Å². The van der Waals surface area contributed by atoms with Crippen LogP contribution in [0.4, 0.5) is 4.79 Å². The average molecular weight is 230 g/mol. The molecule has 0 spiro atoms. The maximum Gasteiger partial charge on any atom is 0.330 e. The van der Waals surface area contributed by atoms with Gasteiger partial charge >= 0.3 is 6.03 Å². The maximum atomic E-state index is 12.0. The van der Waals surface area contributed by atoms with Gasteiger partial charge in [-0.15, -0.1) is 0 Å². The first-order valence-corrected chi connectivity index (χ1v) is 6.37. The molecule has 0 atom stereocenters. The molecule has 3 nitrogen and oxygen atoms in total. The van der Waals surface area contributed by atoms with Crippen LogP contribution in [0.1, 0.15) is 46.0 Å². The van der Waals surface area contributed by atoms with Gasteiger partial charge in [-0.05, 0) is 26.7 Å². The monoisotopic (exact) mass is 230 g/mol. The van der Waals surface area contributed by atoms with Gasteiger partial charge in [-0.2, -0.15) is 0 Å². The van der Waals surface area contributed by atoms with Gasteiger partial charge < -0.3 is 4.90 Å². The summed E-state index contributed by atoms with van der Waals surface area (Å²) in [5.41, 5.74) is 0. The standard InChI is InChI=1S/C11H22N2OS/c1-3-12(11(14)13(15)4-2)10-8-6-5-7-9-10/h10,15H,3-9H2,1-2H3. The zero-order valence-electron chi connectivity index (χ0n) is 9.78. The van der Waals surface area contributed by atoms with Crippen molar-refractivity contribution in [3.63, 3.8) is 0 Å². The summed E-state index contributed by atoms with van der Waals surface area (Å²) in [6.07, 6.45) is 6.15. The van der Waals surface area contributed by atoms with Crippen LogP contribution < -0.4 is 0 Å². The van der Waals surface area contributed by atoms with Gasteiger partial charge in [0, 0.05) is 19.1 Å². The predicted octanol–water partition coefficient (Wildman–Crippen LogP) is 2.93. The fourth-order valence-corrected chi connectivity index (χ4v) is 2.34. The van der Waals surface area contributed by atoms with Gasteiger partial charge in [-0.1, -0.05) is 32.1 Å². The molecule has 0 radical (unpaired) electrons. The summed E-state index contributed by atoms with van der Waals surface area (Å²) in [4.78, 5) is 13.9. The van der Waals surface area contributed by atoms with E-state index in [9.17, 15) is 4.79 Å². The summed E-state index contributed by atoms with van der Waals surface area (Å²) in [7, 11) is 0. The lowest BCUT2D eigenvalue weighted by atomic mass is 9.94. The van der Waals surface area contributed by atoms with Crippen LogP contribution in [0.3, 0.4) is 0 Å². The van der Waals surface area contributed by atoms with E-state index in [2.05, 4.69) is 12.8 Å². The number of hydrogen-bond donors (Lipinski definition) is 1. The molecule has 4 heteroatoms. The van der Waals surface area contributed by atoms with Crippen LogP contribution >= 0.6 is 12.8 Å². The van der Waals surface area contributed by atoms with Crippen molar-refractivity contribution in [2.75, 3.05) is 13.1 Å². The molecule has 88 valence electrons. The zero-order valence-corrected chi connectivity index (χ0v) is 10.7. The molecule has 0 aromatic carbocycles. The van der Waals surface area contributed by atoms with Crippen molar-refractivity contribution in [2.45, 2.75) is 52.0 Å². The second kappa shape index (κ2) is 6.26. The molecule has 1 saturated carbocycles. The Morgan fingerprint density at radius 1 is 1.20 bits per heavy atom. The van der Waals surface area contributed by atoms with Crippen molar-refractivity contribution in [1.82, 2.24) is 9.21 Å². The summed E-state index contributed by atoms with van der Waals surface area (Å²) in [6.45, 7) is 5.44. The third-order valence-electron chi connectivity index (χ3n) is 3.12. The molecule has 0 bridgehead atoms. The highest BCUT2D eigenvalue weighted by atomic mass is 32.1. The van der Waals surface area contributed by atoms with Gasteiger partial charge in [0.2, 0.25) is 0 Å². The molecular formula is C11H22N2OS. The van der Waals surface area contributed by atoms with Crippen LogP contribution in [-0.4, -0.2) is 34.4 Å². The van der Waals surface area contributed by atoms with E-state index >= 15 is 0 Å². The average Bonchev–Trinajstić information content (AvgIpc) is 2.30. The van der Waals surface area contributed by atoms with E-state index in [0.29, 0.717) is 12.6 Å². The van der Waals surface area contributed by atoms with Gasteiger partial charge in [0.05, 0.1) is 0 Å². The van der Waals surface area contributed by atoms with Crippen molar-refractivity contribution in [3.05, 3.63) is 0 Å². The third kappa shape index (κ3) is 3.30. The fourth-order valence-electron chi connectivity index (χ4n) is 2.23. The van der Waals surface area contributed by atoms with Crippen molar-refractivity contribution in [3.8, 4) is 0 Å². The minimum Gasteiger partial charge on any atom is -0.321 e. The highest BCUT2D eigenvalue weighted by Gasteiger charge is 2.25. The molecule has 0 aliphatic heterocycles. The first kappa shape index (κ1) is 12.7. The number of hydrogen-bond acceptors (Lipinski definition) is 2. The minimum absolute atomic E-state index is 0.0650. The number of nitrogens with zero attached hydrogens (tertiary/aromatic N) is 2. The highest BCUT2D eigenvalue weighted by Crippen LogP contribution is 2.23. The molecule has 2 amide bonds. The lowest BCUT2D eigenvalue weighted by molar-refractivity contribution is 0.146. The Morgan fingerprint density at radius 3 is 2.27 bits per heavy atom. The first-order valence-electron chi connectivity index (χ1n) is 5.97. The largest absolute Gasteiger partial charge is 0.330 e. The number of amides is 2. The Bertz CT molecular complexity index is 205. The molecule has 0 unspecified atom stereocenters. The van der Waals surface area contributed by atoms with Crippen LogP contribution in [0.15, 0.2) is 0 Å². The van der Waals surface area contributed by atoms with E-state index in [4.69, 9.17) is 0 Å². The first-order chi connectivity index (χ1) is 7.20. The number of carbonyl (C=O) groups is 1.